The summed E-state index contributed by atoms with van der Waals surface area (Å²) >= 11 is 0. The molecule has 1 aliphatic carbocycles. The summed E-state index contributed by atoms with van der Waals surface area (Å²) in [4.78, 5) is 11.0. The Labute approximate surface area is 89.2 Å². The van der Waals surface area contributed by atoms with E-state index in [1.807, 2.05) is 0 Å². The Hall–Kier alpha value is -1.13. The van der Waals surface area contributed by atoms with Crippen molar-refractivity contribution in [3.05, 3.63) is 24.3 Å². The van der Waals surface area contributed by atoms with E-state index in [4.69, 9.17) is 14.6 Å². The Bertz CT molecular complexity index is 282. The average molecular weight is 212 g/mol. The van der Waals surface area contributed by atoms with E-state index in [0.717, 1.165) is 0 Å². The third-order valence-electron chi connectivity index (χ3n) is 2.43. The molecule has 2 atom stereocenters. The number of methoxy groups -OCH3 is 1. The van der Waals surface area contributed by atoms with Crippen molar-refractivity contribution >= 4 is 5.97 Å². The molecule has 0 aliphatic heterocycles. The van der Waals surface area contributed by atoms with Crippen LogP contribution in [0.2, 0.25) is 0 Å². The van der Waals surface area contributed by atoms with Gasteiger partial charge in [-0.3, -0.25) is 4.79 Å². The highest BCUT2D eigenvalue weighted by atomic mass is 16.5. The minimum atomic E-state index is -0.879. The highest BCUT2D eigenvalue weighted by Crippen LogP contribution is 2.28. The maximum absolute atomic E-state index is 11.0. The number of rotatable bonds is 5. The molecule has 0 bridgehead atoms. The third kappa shape index (κ3) is 2.91. The predicted molar refractivity (Wildman–Crippen MR) is 55.6 cm³/mol. The summed E-state index contributed by atoms with van der Waals surface area (Å²) < 4.78 is 10.4. The van der Waals surface area contributed by atoms with Crippen molar-refractivity contribution < 1.29 is 19.4 Å². The van der Waals surface area contributed by atoms with Gasteiger partial charge in [-0.05, 0) is 6.92 Å². The summed E-state index contributed by atoms with van der Waals surface area (Å²) in [6, 6.07) is 0. The van der Waals surface area contributed by atoms with Crippen LogP contribution in [0.5, 0.6) is 0 Å². The zero-order valence-corrected chi connectivity index (χ0v) is 8.97. The van der Waals surface area contributed by atoms with Crippen molar-refractivity contribution in [1.82, 2.24) is 0 Å². The largest absolute Gasteiger partial charge is 0.481 e. The molecule has 0 aromatic rings. The first-order valence-corrected chi connectivity index (χ1v) is 4.82. The van der Waals surface area contributed by atoms with E-state index < -0.39 is 17.5 Å². The highest BCUT2D eigenvalue weighted by Gasteiger charge is 2.37. The summed E-state index contributed by atoms with van der Waals surface area (Å²) in [5.41, 5.74) is -0.779. The first kappa shape index (κ1) is 11.9. The first-order valence-electron chi connectivity index (χ1n) is 4.82. The number of hydrogen-bond acceptors (Lipinski definition) is 3. The lowest BCUT2D eigenvalue weighted by Gasteiger charge is -2.32. The molecule has 4 heteroatoms. The minimum absolute atomic E-state index is 0.384. The lowest BCUT2D eigenvalue weighted by Crippen LogP contribution is -2.41. The molecule has 0 aromatic heterocycles. The minimum Gasteiger partial charge on any atom is -0.481 e. The van der Waals surface area contributed by atoms with Gasteiger partial charge in [0.05, 0.1) is 13.2 Å². The third-order valence-corrected chi connectivity index (χ3v) is 2.43. The van der Waals surface area contributed by atoms with Crippen molar-refractivity contribution in [2.75, 3.05) is 20.3 Å². The molecule has 84 valence electrons. The molecule has 1 N–H and O–H groups in total. The van der Waals surface area contributed by atoms with Crippen molar-refractivity contribution in [3.8, 4) is 0 Å². The highest BCUT2D eigenvalue weighted by molar-refractivity contribution is 5.75. The fraction of sp³-hybridized carbons (Fsp3) is 0.545. The van der Waals surface area contributed by atoms with Gasteiger partial charge in [0.25, 0.3) is 0 Å². The number of carbonyl (C=O) groups is 1. The molecule has 0 saturated heterocycles. The quantitative estimate of drug-likeness (QED) is 0.696. The van der Waals surface area contributed by atoms with Gasteiger partial charge < -0.3 is 14.6 Å². The van der Waals surface area contributed by atoms with Crippen LogP contribution in [-0.4, -0.2) is 37.0 Å². The Morgan fingerprint density at radius 3 is 2.80 bits per heavy atom. The zero-order chi connectivity index (χ0) is 11.3. The molecule has 15 heavy (non-hydrogen) atoms. The van der Waals surface area contributed by atoms with E-state index in [0.29, 0.717) is 13.2 Å². The predicted octanol–water partition coefficient (Wildman–Crippen LogP) is 1.23. The van der Waals surface area contributed by atoms with E-state index in [2.05, 4.69) is 0 Å². The van der Waals surface area contributed by atoms with Crippen LogP contribution >= 0.6 is 0 Å². The van der Waals surface area contributed by atoms with Crippen LogP contribution in [0.25, 0.3) is 0 Å². The molecule has 1 rings (SSSR count). The van der Waals surface area contributed by atoms with Crippen molar-refractivity contribution in [2.45, 2.75) is 12.5 Å². The maximum atomic E-state index is 11.0. The lowest BCUT2D eigenvalue weighted by atomic mass is 9.85. The standard InChI is InChI=1S/C11H16O4/c1-11(15-8-7-14-2)6-4-3-5-9(11)10(12)13/h3-6,9H,7-8H2,1-2H3,(H,12,13). The van der Waals surface area contributed by atoms with Gasteiger partial charge in [0, 0.05) is 7.11 Å². The Morgan fingerprint density at radius 2 is 2.20 bits per heavy atom. The van der Waals surface area contributed by atoms with Crippen LogP contribution in [-0.2, 0) is 14.3 Å². The smallest absolute Gasteiger partial charge is 0.313 e. The Morgan fingerprint density at radius 1 is 1.47 bits per heavy atom. The van der Waals surface area contributed by atoms with Gasteiger partial charge in [-0.15, -0.1) is 0 Å². The number of hydrogen-bond donors (Lipinski definition) is 1. The number of allylic oxidation sites excluding steroid dienone is 2. The Kier molecular flexibility index (Phi) is 4.05. The van der Waals surface area contributed by atoms with E-state index in [9.17, 15) is 4.79 Å². The van der Waals surface area contributed by atoms with Crippen molar-refractivity contribution in [1.29, 1.82) is 0 Å². The average Bonchev–Trinajstić information content (AvgIpc) is 2.18. The summed E-state index contributed by atoms with van der Waals surface area (Å²) in [5, 5.41) is 9.03. The fourth-order valence-electron chi connectivity index (χ4n) is 1.53. The van der Waals surface area contributed by atoms with Crippen LogP contribution < -0.4 is 0 Å². The molecule has 4 nitrogen and oxygen atoms in total. The second-order valence-corrected chi connectivity index (χ2v) is 3.59. The SMILES string of the molecule is COCCOC1(C)C=CC=CC1C(=O)O. The lowest BCUT2D eigenvalue weighted by molar-refractivity contribution is -0.149. The summed E-state index contributed by atoms with van der Waals surface area (Å²) in [6.45, 7) is 2.61. The first-order chi connectivity index (χ1) is 7.10. The van der Waals surface area contributed by atoms with Gasteiger partial charge in [0.15, 0.2) is 0 Å². The maximum Gasteiger partial charge on any atom is 0.313 e. The summed E-state index contributed by atoms with van der Waals surface area (Å²) in [7, 11) is 1.58. The monoisotopic (exact) mass is 212 g/mol. The van der Waals surface area contributed by atoms with Crippen molar-refractivity contribution in [3.63, 3.8) is 0 Å². The van der Waals surface area contributed by atoms with Crippen LogP contribution in [0.15, 0.2) is 24.3 Å². The molecule has 0 amide bonds. The van der Waals surface area contributed by atoms with Gasteiger partial charge in [0.2, 0.25) is 0 Å². The molecule has 0 saturated carbocycles. The molecular formula is C11H16O4. The number of carboxylic acids is 1. The van der Waals surface area contributed by atoms with Gasteiger partial charge in [0.1, 0.15) is 11.5 Å². The Balaban J connectivity index is 2.66. The summed E-state index contributed by atoms with van der Waals surface area (Å²) in [6.07, 6.45) is 6.92. The van der Waals surface area contributed by atoms with Crippen LogP contribution in [0.4, 0.5) is 0 Å². The number of carboxylic acid groups (broad SMARTS) is 1. The van der Waals surface area contributed by atoms with Crippen molar-refractivity contribution in [2.24, 2.45) is 5.92 Å². The molecule has 1 aliphatic rings. The molecule has 0 radical (unpaired) electrons. The molecule has 0 spiro atoms. The molecule has 0 aromatic carbocycles. The van der Waals surface area contributed by atoms with E-state index in [1.165, 1.54) is 0 Å². The van der Waals surface area contributed by atoms with Gasteiger partial charge in [-0.25, -0.2) is 0 Å². The van der Waals surface area contributed by atoms with Crippen LogP contribution in [0.1, 0.15) is 6.92 Å². The van der Waals surface area contributed by atoms with E-state index >= 15 is 0 Å². The zero-order valence-electron chi connectivity index (χ0n) is 8.97. The number of ether oxygens (including phenoxy) is 2. The number of aliphatic carboxylic acids is 1. The van der Waals surface area contributed by atoms with Gasteiger partial charge in [-0.1, -0.05) is 24.3 Å². The second-order valence-electron chi connectivity index (χ2n) is 3.59. The van der Waals surface area contributed by atoms with Crippen LogP contribution in [0, 0.1) is 5.92 Å². The van der Waals surface area contributed by atoms with Gasteiger partial charge >= 0.3 is 5.97 Å². The van der Waals surface area contributed by atoms with E-state index in [-0.39, 0.29) is 0 Å². The molecular weight excluding hydrogens is 196 g/mol. The van der Waals surface area contributed by atoms with Crippen LogP contribution in [0.3, 0.4) is 0 Å². The molecule has 0 fully saturated rings. The topological polar surface area (TPSA) is 55.8 Å². The molecule has 0 heterocycles. The van der Waals surface area contributed by atoms with Gasteiger partial charge in [-0.2, -0.15) is 0 Å². The summed E-state index contributed by atoms with van der Waals surface area (Å²) in [5.74, 6) is -1.52. The van der Waals surface area contributed by atoms with E-state index in [1.54, 1.807) is 38.3 Å². The molecule has 2 unspecified atom stereocenters. The second kappa shape index (κ2) is 5.09. The normalized spacial score (nSPS) is 29.3. The fourth-order valence-corrected chi connectivity index (χ4v) is 1.53.